The molecule has 0 aromatic rings. The van der Waals surface area contributed by atoms with Gasteiger partial charge in [0.25, 0.3) is 0 Å². The Balaban J connectivity index is 1.48. The van der Waals surface area contributed by atoms with Gasteiger partial charge in [0, 0.05) is 5.54 Å². The molecule has 0 radical (unpaired) electrons. The Kier molecular flexibility index (Phi) is 2.92. The molecule has 0 unspecified atom stereocenters. The molecule has 2 rings (SSSR count). The van der Waals surface area contributed by atoms with Gasteiger partial charge in [-0.25, -0.2) is 0 Å². The third-order valence-electron chi connectivity index (χ3n) is 3.90. The van der Waals surface area contributed by atoms with Crippen LogP contribution in [-0.4, -0.2) is 5.54 Å². The third-order valence-corrected chi connectivity index (χ3v) is 3.90. The lowest BCUT2D eigenvalue weighted by Crippen LogP contribution is -2.20. The Morgan fingerprint density at radius 2 is 1.77 bits per heavy atom. The van der Waals surface area contributed by atoms with Crippen molar-refractivity contribution in [2.75, 3.05) is 0 Å². The van der Waals surface area contributed by atoms with Crippen molar-refractivity contribution in [2.45, 2.75) is 69.7 Å². The molecule has 0 saturated heterocycles. The van der Waals surface area contributed by atoms with Gasteiger partial charge >= 0.3 is 0 Å². The summed E-state index contributed by atoms with van der Waals surface area (Å²) in [7, 11) is 0. The number of hydrogen-bond acceptors (Lipinski definition) is 1. The molecular formula is C12H23N. The smallest absolute Gasteiger partial charge is 0.0155 e. The summed E-state index contributed by atoms with van der Waals surface area (Å²) in [5, 5.41) is 0. The molecule has 2 N–H and O–H groups in total. The first-order chi connectivity index (χ1) is 6.29. The van der Waals surface area contributed by atoms with Crippen LogP contribution in [0.2, 0.25) is 0 Å². The van der Waals surface area contributed by atoms with Crippen LogP contribution >= 0.6 is 0 Å². The summed E-state index contributed by atoms with van der Waals surface area (Å²) in [6.45, 7) is 0. The first kappa shape index (κ1) is 9.51. The molecule has 0 aliphatic heterocycles. The van der Waals surface area contributed by atoms with Gasteiger partial charge in [-0.3, -0.25) is 0 Å². The summed E-state index contributed by atoms with van der Waals surface area (Å²) >= 11 is 0. The fraction of sp³-hybridized carbons (Fsp3) is 1.00. The van der Waals surface area contributed by atoms with Crippen molar-refractivity contribution in [3.05, 3.63) is 0 Å². The number of rotatable bonds is 5. The summed E-state index contributed by atoms with van der Waals surface area (Å²) in [6, 6.07) is 0. The lowest BCUT2D eigenvalue weighted by Gasteiger charge is -2.10. The minimum absolute atomic E-state index is 0.301. The molecule has 0 aromatic heterocycles. The van der Waals surface area contributed by atoms with E-state index in [0.29, 0.717) is 5.54 Å². The van der Waals surface area contributed by atoms with E-state index in [1.165, 1.54) is 64.2 Å². The Bertz CT molecular complexity index is 155. The van der Waals surface area contributed by atoms with E-state index in [2.05, 4.69) is 0 Å². The van der Waals surface area contributed by atoms with Crippen LogP contribution in [0.25, 0.3) is 0 Å². The molecule has 2 saturated carbocycles. The molecule has 0 amide bonds. The van der Waals surface area contributed by atoms with Crippen molar-refractivity contribution in [3.8, 4) is 0 Å². The molecule has 1 heteroatoms. The maximum absolute atomic E-state index is 6.04. The second-order valence-corrected chi connectivity index (χ2v) is 5.26. The lowest BCUT2D eigenvalue weighted by molar-refractivity contribution is 0.451. The summed E-state index contributed by atoms with van der Waals surface area (Å²) in [5.41, 5.74) is 6.34. The molecule has 0 heterocycles. The second kappa shape index (κ2) is 4.00. The molecule has 1 nitrogen and oxygen atoms in total. The molecule has 0 bridgehead atoms. The molecule has 76 valence electrons. The van der Waals surface area contributed by atoms with E-state index in [1.54, 1.807) is 0 Å². The average molecular weight is 181 g/mol. The van der Waals surface area contributed by atoms with Gasteiger partial charge in [0.15, 0.2) is 0 Å². The lowest BCUT2D eigenvalue weighted by atomic mass is 9.98. The van der Waals surface area contributed by atoms with Crippen LogP contribution in [0.1, 0.15) is 64.2 Å². The maximum atomic E-state index is 6.04. The van der Waals surface area contributed by atoms with Crippen LogP contribution in [0.5, 0.6) is 0 Å². The normalized spacial score (nSPS) is 26.5. The predicted molar refractivity (Wildman–Crippen MR) is 56.6 cm³/mol. The number of unbranched alkanes of at least 4 members (excludes halogenated alkanes) is 1. The van der Waals surface area contributed by atoms with Gasteiger partial charge in [0.1, 0.15) is 0 Å². The van der Waals surface area contributed by atoms with E-state index < -0.39 is 0 Å². The van der Waals surface area contributed by atoms with Crippen molar-refractivity contribution in [1.29, 1.82) is 0 Å². The van der Waals surface area contributed by atoms with Gasteiger partial charge in [-0.15, -0.1) is 0 Å². The first-order valence-corrected chi connectivity index (χ1v) is 6.07. The zero-order valence-corrected chi connectivity index (χ0v) is 8.73. The second-order valence-electron chi connectivity index (χ2n) is 5.26. The van der Waals surface area contributed by atoms with Crippen molar-refractivity contribution in [2.24, 2.45) is 11.7 Å². The molecule has 13 heavy (non-hydrogen) atoms. The van der Waals surface area contributed by atoms with Gasteiger partial charge in [-0.2, -0.15) is 0 Å². The molecule has 2 aliphatic rings. The fourth-order valence-electron chi connectivity index (χ4n) is 2.62. The van der Waals surface area contributed by atoms with Gasteiger partial charge in [-0.05, 0) is 25.2 Å². The fourth-order valence-corrected chi connectivity index (χ4v) is 2.62. The van der Waals surface area contributed by atoms with Crippen molar-refractivity contribution >= 4 is 0 Å². The van der Waals surface area contributed by atoms with Crippen LogP contribution in [0.15, 0.2) is 0 Å². The van der Waals surface area contributed by atoms with Crippen LogP contribution in [0, 0.1) is 5.92 Å². The van der Waals surface area contributed by atoms with Gasteiger partial charge in [0.05, 0.1) is 0 Å². The van der Waals surface area contributed by atoms with Crippen LogP contribution in [-0.2, 0) is 0 Å². The molecule has 0 atom stereocenters. The molecule has 2 aliphatic carbocycles. The van der Waals surface area contributed by atoms with E-state index in [4.69, 9.17) is 5.73 Å². The zero-order chi connectivity index (χ0) is 9.15. The van der Waals surface area contributed by atoms with Crippen molar-refractivity contribution < 1.29 is 0 Å². The molecule has 0 spiro atoms. The highest BCUT2D eigenvalue weighted by atomic mass is 14.8. The number of nitrogens with two attached hydrogens (primary N) is 1. The highest BCUT2D eigenvalue weighted by molar-refractivity contribution is 4.98. The highest BCUT2D eigenvalue weighted by Gasteiger charge is 2.36. The largest absolute Gasteiger partial charge is 0.325 e. The van der Waals surface area contributed by atoms with Gasteiger partial charge in [0.2, 0.25) is 0 Å². The van der Waals surface area contributed by atoms with E-state index in [-0.39, 0.29) is 0 Å². The summed E-state index contributed by atoms with van der Waals surface area (Å²) in [5.74, 6) is 1.08. The Morgan fingerprint density at radius 3 is 2.38 bits per heavy atom. The maximum Gasteiger partial charge on any atom is 0.0155 e. The third kappa shape index (κ3) is 2.98. The van der Waals surface area contributed by atoms with E-state index in [0.717, 1.165) is 5.92 Å². The average Bonchev–Trinajstić information content (AvgIpc) is 2.69. The van der Waals surface area contributed by atoms with Crippen molar-refractivity contribution in [1.82, 2.24) is 0 Å². The van der Waals surface area contributed by atoms with Crippen LogP contribution in [0.4, 0.5) is 0 Å². The van der Waals surface area contributed by atoms with Crippen LogP contribution in [0.3, 0.4) is 0 Å². The van der Waals surface area contributed by atoms with Crippen LogP contribution < -0.4 is 5.73 Å². The summed E-state index contributed by atoms with van der Waals surface area (Å²) in [4.78, 5) is 0. The molecule has 0 aromatic carbocycles. The van der Waals surface area contributed by atoms with E-state index >= 15 is 0 Å². The SMILES string of the molecule is NC1(CCCCC2CCCC2)CC1. The Morgan fingerprint density at radius 1 is 1.08 bits per heavy atom. The summed E-state index contributed by atoms with van der Waals surface area (Å²) in [6.07, 6.45) is 14.2. The predicted octanol–water partition coefficient (Wildman–Crippen LogP) is 3.23. The molecular weight excluding hydrogens is 158 g/mol. The monoisotopic (exact) mass is 181 g/mol. The standard InChI is InChI=1S/C12H23N/c13-12(9-10-12)8-4-3-7-11-5-1-2-6-11/h11H,1-10,13H2. The zero-order valence-electron chi connectivity index (χ0n) is 8.73. The first-order valence-electron chi connectivity index (χ1n) is 6.07. The van der Waals surface area contributed by atoms with E-state index in [9.17, 15) is 0 Å². The minimum Gasteiger partial charge on any atom is -0.325 e. The summed E-state index contributed by atoms with van der Waals surface area (Å²) < 4.78 is 0. The molecule has 2 fully saturated rings. The van der Waals surface area contributed by atoms with Gasteiger partial charge < -0.3 is 5.73 Å². The van der Waals surface area contributed by atoms with Crippen molar-refractivity contribution in [3.63, 3.8) is 0 Å². The quantitative estimate of drug-likeness (QED) is 0.647. The minimum atomic E-state index is 0.301. The highest BCUT2D eigenvalue weighted by Crippen LogP contribution is 2.37. The number of hydrogen-bond donors (Lipinski definition) is 1. The Hall–Kier alpha value is -0.0400. The van der Waals surface area contributed by atoms with E-state index in [1.807, 2.05) is 0 Å². The van der Waals surface area contributed by atoms with Gasteiger partial charge in [-0.1, -0.05) is 44.9 Å². The topological polar surface area (TPSA) is 26.0 Å². The Labute approximate surface area is 82.1 Å².